The van der Waals surface area contributed by atoms with Gasteiger partial charge in [-0.15, -0.1) is 0 Å². The van der Waals surface area contributed by atoms with E-state index >= 15 is 0 Å². The van der Waals surface area contributed by atoms with E-state index < -0.39 is 0 Å². The molecule has 0 bridgehead atoms. The van der Waals surface area contributed by atoms with Crippen LogP contribution in [-0.2, 0) is 21.7 Å². The van der Waals surface area contributed by atoms with Gasteiger partial charge in [0.2, 0.25) is 0 Å². The molecule has 14 heavy (non-hydrogen) atoms. The van der Waals surface area contributed by atoms with Crippen LogP contribution < -0.4 is 12.4 Å². The summed E-state index contributed by atoms with van der Waals surface area (Å²) in [6.45, 7) is 9.79. The molecule has 0 radical (unpaired) electrons. The molecule has 0 fully saturated rings. The van der Waals surface area contributed by atoms with Crippen LogP contribution in [0.4, 0.5) is 0 Å². The van der Waals surface area contributed by atoms with Crippen LogP contribution in [0.5, 0.6) is 0 Å². The zero-order chi connectivity index (χ0) is 10.2. The Kier molecular flexibility index (Phi) is 102. The predicted octanol–water partition coefficient (Wildman–Crippen LogP) is -0.601. The van der Waals surface area contributed by atoms with Crippen LogP contribution in [0.15, 0.2) is 0 Å². The molecule has 0 saturated heterocycles. The number of aliphatic hydroxyl groups is 2. The molecule has 0 aromatic rings. The Labute approximate surface area is 111 Å². The number of hydrogen-bond acceptors (Lipinski definition) is 2. The third-order valence-electron chi connectivity index (χ3n) is 1.02. The SMILES string of the molecule is CCCCO.CCCCO.[CH2-]C.[Cl-].[Ti+2]. The van der Waals surface area contributed by atoms with Crippen molar-refractivity contribution in [2.75, 3.05) is 13.2 Å². The summed E-state index contributed by atoms with van der Waals surface area (Å²) in [5, 5.41) is 16.1. The van der Waals surface area contributed by atoms with E-state index in [0.717, 1.165) is 25.7 Å². The fourth-order valence-corrected chi connectivity index (χ4v) is 0.316. The summed E-state index contributed by atoms with van der Waals surface area (Å²) >= 11 is 0. The smallest absolute Gasteiger partial charge is 1.00 e. The Hall–Kier alpha value is 0.924. The van der Waals surface area contributed by atoms with Gasteiger partial charge in [0, 0.05) is 13.2 Å². The summed E-state index contributed by atoms with van der Waals surface area (Å²) in [6, 6.07) is 0. The minimum Gasteiger partial charge on any atom is -1.00 e. The Bertz CT molecular complexity index is 39.1. The number of rotatable bonds is 4. The molecule has 0 spiro atoms. The molecule has 0 aromatic carbocycles. The molecular weight excluding hydrogens is 235 g/mol. The largest absolute Gasteiger partial charge is 2.00 e. The maximum atomic E-state index is 8.07. The second kappa shape index (κ2) is 48.5. The van der Waals surface area contributed by atoms with Gasteiger partial charge in [0.25, 0.3) is 0 Å². The minimum absolute atomic E-state index is 0. The van der Waals surface area contributed by atoms with Gasteiger partial charge in [0.1, 0.15) is 0 Å². The Balaban J connectivity index is -0.0000000292. The summed E-state index contributed by atoms with van der Waals surface area (Å²) in [5.74, 6) is 0. The zero-order valence-electron chi connectivity index (χ0n) is 9.72. The average molecular weight is 261 g/mol. The van der Waals surface area contributed by atoms with Gasteiger partial charge >= 0.3 is 21.7 Å². The third-order valence-corrected chi connectivity index (χ3v) is 1.02. The molecule has 0 aliphatic carbocycles. The molecular formula is C10H25ClO2Ti. The van der Waals surface area contributed by atoms with E-state index in [9.17, 15) is 0 Å². The van der Waals surface area contributed by atoms with Gasteiger partial charge in [-0.25, -0.2) is 0 Å². The standard InChI is InChI=1S/2C4H10O.C2H5.ClH.Ti/c2*1-2-3-4-5;1-2;;/h2*5H,2-4H2,1H3;1H2,2H3;1H;/q;;-1;;+2/p-1. The van der Waals surface area contributed by atoms with E-state index in [2.05, 4.69) is 20.8 Å². The number of aliphatic hydroxyl groups excluding tert-OH is 2. The van der Waals surface area contributed by atoms with Gasteiger partial charge in [-0.3, -0.25) is 0 Å². The van der Waals surface area contributed by atoms with Crippen molar-refractivity contribution in [2.45, 2.75) is 46.5 Å². The van der Waals surface area contributed by atoms with Gasteiger partial charge in [-0.2, -0.15) is 6.92 Å². The van der Waals surface area contributed by atoms with Crippen LogP contribution in [0.1, 0.15) is 46.5 Å². The first-order valence-electron chi connectivity index (χ1n) is 4.75. The van der Waals surface area contributed by atoms with E-state index in [1.807, 2.05) is 0 Å². The number of halogens is 1. The van der Waals surface area contributed by atoms with Gasteiger partial charge in [0.05, 0.1) is 0 Å². The summed E-state index contributed by atoms with van der Waals surface area (Å²) in [4.78, 5) is 0. The van der Waals surface area contributed by atoms with E-state index in [1.165, 1.54) is 0 Å². The number of unbranched alkanes of at least 4 members (excludes halogenated alkanes) is 2. The van der Waals surface area contributed by atoms with Crippen molar-refractivity contribution in [3.8, 4) is 0 Å². The summed E-state index contributed by atoms with van der Waals surface area (Å²) in [6.07, 6.45) is 4.08. The Morgan fingerprint density at radius 1 is 0.857 bits per heavy atom. The van der Waals surface area contributed by atoms with Gasteiger partial charge in [-0.05, 0) is 12.8 Å². The average Bonchev–Trinajstić information content (AvgIpc) is 2.12. The van der Waals surface area contributed by atoms with Crippen molar-refractivity contribution >= 4 is 0 Å². The fourth-order valence-electron chi connectivity index (χ4n) is 0.316. The van der Waals surface area contributed by atoms with Crippen LogP contribution in [0, 0.1) is 6.92 Å². The van der Waals surface area contributed by atoms with E-state index in [4.69, 9.17) is 10.2 Å². The van der Waals surface area contributed by atoms with Crippen LogP contribution >= 0.6 is 0 Å². The van der Waals surface area contributed by atoms with Crippen LogP contribution in [-0.4, -0.2) is 23.4 Å². The second-order valence-electron chi connectivity index (χ2n) is 2.15. The molecule has 88 valence electrons. The molecule has 2 N–H and O–H groups in total. The fraction of sp³-hybridized carbons (Fsp3) is 0.900. The molecule has 0 aromatic heterocycles. The maximum absolute atomic E-state index is 8.07. The molecule has 0 amide bonds. The second-order valence-corrected chi connectivity index (χ2v) is 2.15. The zero-order valence-corrected chi connectivity index (χ0v) is 12.0. The quantitative estimate of drug-likeness (QED) is 0.524. The van der Waals surface area contributed by atoms with Crippen LogP contribution in [0.3, 0.4) is 0 Å². The molecule has 2 nitrogen and oxygen atoms in total. The first kappa shape index (κ1) is 29.4. The molecule has 4 heteroatoms. The van der Waals surface area contributed by atoms with Gasteiger partial charge in [0.15, 0.2) is 0 Å². The van der Waals surface area contributed by atoms with Crippen molar-refractivity contribution < 1.29 is 44.3 Å². The van der Waals surface area contributed by atoms with E-state index in [-0.39, 0.29) is 34.1 Å². The number of hydrogen-bond donors (Lipinski definition) is 2. The minimum atomic E-state index is 0. The molecule has 0 heterocycles. The summed E-state index contributed by atoms with van der Waals surface area (Å²) < 4.78 is 0. The van der Waals surface area contributed by atoms with Gasteiger partial charge < -0.3 is 29.5 Å². The normalized spacial score (nSPS) is 6.43. The molecule has 0 saturated carbocycles. The van der Waals surface area contributed by atoms with Crippen molar-refractivity contribution in [1.29, 1.82) is 0 Å². The van der Waals surface area contributed by atoms with Crippen molar-refractivity contribution in [2.24, 2.45) is 0 Å². The van der Waals surface area contributed by atoms with Crippen LogP contribution in [0.2, 0.25) is 0 Å². The summed E-state index contributed by atoms with van der Waals surface area (Å²) in [5.41, 5.74) is 0. The van der Waals surface area contributed by atoms with Crippen LogP contribution in [0.25, 0.3) is 0 Å². The van der Waals surface area contributed by atoms with E-state index in [0.29, 0.717) is 13.2 Å². The first-order valence-corrected chi connectivity index (χ1v) is 4.75. The molecule has 0 aliphatic heterocycles. The van der Waals surface area contributed by atoms with Crippen molar-refractivity contribution in [3.05, 3.63) is 6.92 Å². The summed E-state index contributed by atoms with van der Waals surface area (Å²) in [7, 11) is 0. The molecule has 0 rings (SSSR count). The molecule has 0 atom stereocenters. The van der Waals surface area contributed by atoms with Crippen molar-refractivity contribution in [1.82, 2.24) is 0 Å². The monoisotopic (exact) mass is 260 g/mol. The molecule has 0 aliphatic rings. The molecule has 0 unspecified atom stereocenters. The first-order chi connectivity index (χ1) is 5.83. The van der Waals surface area contributed by atoms with Crippen molar-refractivity contribution in [3.63, 3.8) is 0 Å². The maximum Gasteiger partial charge on any atom is 2.00 e. The third kappa shape index (κ3) is 75.8. The Morgan fingerprint density at radius 2 is 1.07 bits per heavy atom. The predicted molar refractivity (Wildman–Crippen MR) is 55.0 cm³/mol. The van der Waals surface area contributed by atoms with Gasteiger partial charge in [-0.1, -0.05) is 26.7 Å². The van der Waals surface area contributed by atoms with E-state index in [1.54, 1.807) is 6.92 Å². The Morgan fingerprint density at radius 3 is 1.07 bits per heavy atom. The topological polar surface area (TPSA) is 40.5 Å².